The Balaban J connectivity index is 1.84. The summed E-state index contributed by atoms with van der Waals surface area (Å²) >= 11 is 12.4. The maximum Gasteiger partial charge on any atom is 0.146 e. The van der Waals surface area contributed by atoms with E-state index >= 15 is 0 Å². The highest BCUT2D eigenvalue weighted by Crippen LogP contribution is 2.51. The highest BCUT2D eigenvalue weighted by molar-refractivity contribution is 6.35. The van der Waals surface area contributed by atoms with Crippen molar-refractivity contribution in [1.82, 2.24) is 0 Å². The summed E-state index contributed by atoms with van der Waals surface area (Å²) in [5.41, 5.74) is 2.59. The van der Waals surface area contributed by atoms with E-state index in [0.717, 1.165) is 17.5 Å². The SMILES string of the molecule is Fc1cccc2c1NC(c1ccc(Cl)cc1Cl)C1CC=CC21. The third-order valence-corrected chi connectivity index (χ3v) is 5.21. The molecule has 3 unspecified atom stereocenters. The first kappa shape index (κ1) is 14.1. The topological polar surface area (TPSA) is 12.0 Å². The molecular weight excluding hydrogens is 320 g/mol. The number of allylic oxidation sites excluding steroid dienone is 2. The number of nitrogens with one attached hydrogen (secondary N) is 1. The average Bonchev–Trinajstić information content (AvgIpc) is 2.97. The number of fused-ring (bicyclic) bond motifs is 3. The van der Waals surface area contributed by atoms with Crippen molar-refractivity contribution < 1.29 is 4.39 Å². The first-order valence-electron chi connectivity index (χ1n) is 7.31. The van der Waals surface area contributed by atoms with Crippen LogP contribution in [0.1, 0.15) is 29.5 Å². The van der Waals surface area contributed by atoms with E-state index < -0.39 is 0 Å². The fourth-order valence-corrected chi connectivity index (χ4v) is 4.17. The molecule has 112 valence electrons. The van der Waals surface area contributed by atoms with Crippen molar-refractivity contribution in [3.8, 4) is 0 Å². The summed E-state index contributed by atoms with van der Waals surface area (Å²) in [5, 5.41) is 4.60. The van der Waals surface area contributed by atoms with Crippen molar-refractivity contribution in [1.29, 1.82) is 0 Å². The van der Waals surface area contributed by atoms with Crippen molar-refractivity contribution in [3.63, 3.8) is 0 Å². The van der Waals surface area contributed by atoms with Gasteiger partial charge in [-0.15, -0.1) is 0 Å². The molecule has 1 aliphatic heterocycles. The molecule has 0 spiro atoms. The highest BCUT2D eigenvalue weighted by Gasteiger charge is 2.39. The third-order valence-electron chi connectivity index (χ3n) is 4.64. The quantitative estimate of drug-likeness (QED) is 0.635. The number of hydrogen-bond acceptors (Lipinski definition) is 1. The number of rotatable bonds is 1. The lowest BCUT2D eigenvalue weighted by atomic mass is 9.77. The van der Waals surface area contributed by atoms with E-state index in [9.17, 15) is 4.39 Å². The number of benzene rings is 2. The van der Waals surface area contributed by atoms with Gasteiger partial charge in [-0.3, -0.25) is 0 Å². The molecule has 2 aromatic rings. The predicted molar refractivity (Wildman–Crippen MR) is 89.2 cm³/mol. The van der Waals surface area contributed by atoms with Crippen LogP contribution in [0.25, 0.3) is 0 Å². The molecule has 1 nitrogen and oxygen atoms in total. The van der Waals surface area contributed by atoms with Gasteiger partial charge in [0.15, 0.2) is 0 Å². The van der Waals surface area contributed by atoms with Gasteiger partial charge in [0.1, 0.15) is 5.82 Å². The maximum absolute atomic E-state index is 14.2. The Labute approximate surface area is 138 Å². The van der Waals surface area contributed by atoms with E-state index in [-0.39, 0.29) is 17.8 Å². The number of halogens is 3. The molecule has 2 aromatic carbocycles. The lowest BCUT2D eigenvalue weighted by Crippen LogP contribution is -2.29. The van der Waals surface area contributed by atoms with E-state index in [2.05, 4.69) is 17.5 Å². The lowest BCUT2D eigenvalue weighted by Gasteiger charge is -2.38. The van der Waals surface area contributed by atoms with Crippen molar-refractivity contribution in [2.75, 3.05) is 5.32 Å². The summed E-state index contributed by atoms with van der Waals surface area (Å²) in [5.74, 6) is 0.350. The van der Waals surface area contributed by atoms with Crippen LogP contribution in [0.2, 0.25) is 10.0 Å². The molecule has 0 amide bonds. The number of para-hydroxylation sites is 1. The van der Waals surface area contributed by atoms with Crippen molar-refractivity contribution in [3.05, 3.63) is 75.5 Å². The fraction of sp³-hybridized carbons (Fsp3) is 0.222. The van der Waals surface area contributed by atoms with E-state index in [1.165, 1.54) is 6.07 Å². The summed E-state index contributed by atoms with van der Waals surface area (Å²) in [6, 6.07) is 10.8. The van der Waals surface area contributed by atoms with Crippen LogP contribution in [-0.4, -0.2) is 0 Å². The van der Waals surface area contributed by atoms with Crippen molar-refractivity contribution >= 4 is 28.9 Å². The Hall–Kier alpha value is -1.51. The van der Waals surface area contributed by atoms with Gasteiger partial charge in [0.05, 0.1) is 11.7 Å². The molecule has 2 aliphatic rings. The summed E-state index contributed by atoms with van der Waals surface area (Å²) in [4.78, 5) is 0. The van der Waals surface area contributed by atoms with Crippen LogP contribution in [0.15, 0.2) is 48.6 Å². The zero-order chi connectivity index (χ0) is 15.3. The molecule has 0 saturated heterocycles. The molecule has 0 radical (unpaired) electrons. The van der Waals surface area contributed by atoms with Gasteiger partial charge in [-0.25, -0.2) is 4.39 Å². The molecule has 3 atom stereocenters. The van der Waals surface area contributed by atoms with Crippen molar-refractivity contribution in [2.45, 2.75) is 18.4 Å². The summed E-state index contributed by atoms with van der Waals surface area (Å²) in [6.07, 6.45) is 5.31. The van der Waals surface area contributed by atoms with Gasteiger partial charge < -0.3 is 5.32 Å². The minimum absolute atomic E-state index is 0.0193. The average molecular weight is 334 g/mol. The summed E-state index contributed by atoms with van der Waals surface area (Å²) in [6.45, 7) is 0. The predicted octanol–water partition coefficient (Wildman–Crippen LogP) is 5.96. The fourth-order valence-electron chi connectivity index (χ4n) is 3.64. The third kappa shape index (κ3) is 2.13. The standard InChI is InChI=1S/C18H14Cl2FN/c19-10-7-8-14(15(20)9-10)17-12-4-1-3-11(12)13-5-2-6-16(21)18(13)22-17/h1-3,5-9,11-12,17,22H,4H2. The Morgan fingerprint density at radius 2 is 1.95 bits per heavy atom. The molecular formula is C18H14Cl2FN. The second kappa shape index (κ2) is 5.29. The molecule has 0 fully saturated rings. The van der Waals surface area contributed by atoms with E-state index in [1.54, 1.807) is 12.1 Å². The van der Waals surface area contributed by atoms with E-state index in [0.29, 0.717) is 21.7 Å². The molecule has 1 heterocycles. The van der Waals surface area contributed by atoms with Gasteiger partial charge >= 0.3 is 0 Å². The molecule has 4 rings (SSSR count). The first-order valence-corrected chi connectivity index (χ1v) is 8.07. The normalized spacial score (nSPS) is 25.5. The minimum atomic E-state index is -0.216. The van der Waals surface area contributed by atoms with Gasteiger partial charge in [-0.1, -0.05) is 53.6 Å². The second-order valence-corrected chi connectivity index (χ2v) is 6.69. The zero-order valence-corrected chi connectivity index (χ0v) is 13.2. The van der Waals surface area contributed by atoms with Gasteiger partial charge in [0.2, 0.25) is 0 Å². The highest BCUT2D eigenvalue weighted by atomic mass is 35.5. The lowest BCUT2D eigenvalue weighted by molar-refractivity contribution is 0.421. The van der Waals surface area contributed by atoms with Crippen LogP contribution in [0.5, 0.6) is 0 Å². The Kier molecular flexibility index (Phi) is 3.39. The number of anilines is 1. The van der Waals surface area contributed by atoms with Gasteiger partial charge in [0.25, 0.3) is 0 Å². The zero-order valence-electron chi connectivity index (χ0n) is 11.7. The molecule has 0 saturated carbocycles. The van der Waals surface area contributed by atoms with Gasteiger partial charge in [-0.2, -0.15) is 0 Å². The van der Waals surface area contributed by atoms with Crippen LogP contribution in [0.4, 0.5) is 10.1 Å². The van der Waals surface area contributed by atoms with Gasteiger partial charge in [-0.05, 0) is 41.7 Å². The molecule has 1 aliphatic carbocycles. The Bertz CT molecular complexity index is 772. The Morgan fingerprint density at radius 3 is 2.77 bits per heavy atom. The van der Waals surface area contributed by atoms with Crippen LogP contribution in [-0.2, 0) is 0 Å². The van der Waals surface area contributed by atoms with E-state index in [4.69, 9.17) is 23.2 Å². The van der Waals surface area contributed by atoms with Crippen LogP contribution < -0.4 is 5.32 Å². The largest absolute Gasteiger partial charge is 0.375 e. The smallest absolute Gasteiger partial charge is 0.146 e. The monoisotopic (exact) mass is 333 g/mol. The van der Waals surface area contributed by atoms with Crippen molar-refractivity contribution in [2.24, 2.45) is 5.92 Å². The molecule has 4 heteroatoms. The Morgan fingerprint density at radius 1 is 1.09 bits per heavy atom. The molecule has 0 aromatic heterocycles. The molecule has 22 heavy (non-hydrogen) atoms. The van der Waals surface area contributed by atoms with Crippen LogP contribution >= 0.6 is 23.2 Å². The second-order valence-electron chi connectivity index (χ2n) is 5.85. The summed E-state index contributed by atoms with van der Waals surface area (Å²) < 4.78 is 14.2. The van der Waals surface area contributed by atoms with E-state index in [1.807, 2.05) is 18.2 Å². The minimum Gasteiger partial charge on any atom is -0.375 e. The molecule has 1 N–H and O–H groups in total. The maximum atomic E-state index is 14.2. The van der Waals surface area contributed by atoms with Crippen LogP contribution in [0, 0.1) is 11.7 Å². The van der Waals surface area contributed by atoms with Gasteiger partial charge in [0, 0.05) is 16.0 Å². The summed E-state index contributed by atoms with van der Waals surface area (Å²) in [7, 11) is 0. The first-order chi connectivity index (χ1) is 10.6. The van der Waals surface area contributed by atoms with Crippen LogP contribution in [0.3, 0.4) is 0 Å². The molecule has 0 bridgehead atoms. The number of hydrogen-bond donors (Lipinski definition) is 1.